The molecule has 5 heteroatoms. The number of pyridine rings is 1. The molecule has 0 fully saturated rings. The molecule has 5 nitrogen and oxygen atoms in total. The summed E-state index contributed by atoms with van der Waals surface area (Å²) < 4.78 is 0. The van der Waals surface area contributed by atoms with Crippen LogP contribution in [0.2, 0.25) is 0 Å². The van der Waals surface area contributed by atoms with Crippen LogP contribution in [0.25, 0.3) is 0 Å². The molecule has 0 unspecified atom stereocenters. The van der Waals surface area contributed by atoms with Crippen molar-refractivity contribution in [3.63, 3.8) is 0 Å². The number of hydrogen-bond acceptors (Lipinski definition) is 3. The molecule has 0 aromatic carbocycles. The lowest BCUT2D eigenvalue weighted by Gasteiger charge is -2.24. The zero-order chi connectivity index (χ0) is 14.4. The summed E-state index contributed by atoms with van der Waals surface area (Å²) in [5.74, 6) is -0.484. The van der Waals surface area contributed by atoms with Crippen LogP contribution in [0.1, 0.15) is 44.0 Å². The summed E-state index contributed by atoms with van der Waals surface area (Å²) in [6.45, 7) is 6.38. The van der Waals surface area contributed by atoms with Crippen LogP contribution >= 0.6 is 0 Å². The molecule has 0 aliphatic heterocycles. The molecule has 1 N–H and O–H groups in total. The summed E-state index contributed by atoms with van der Waals surface area (Å²) in [4.78, 5) is 28.8. The first-order valence-electron chi connectivity index (χ1n) is 6.55. The molecule has 0 radical (unpaired) electrons. The van der Waals surface area contributed by atoms with E-state index in [1.165, 1.54) is 12.3 Å². The summed E-state index contributed by atoms with van der Waals surface area (Å²) in [6.07, 6.45) is 2.86. The monoisotopic (exact) mass is 264 g/mol. The number of hydrogen-bond donors (Lipinski definition) is 1. The lowest BCUT2D eigenvalue weighted by molar-refractivity contribution is -0.122. The number of carboxylic acid groups (broad SMARTS) is 1. The van der Waals surface area contributed by atoms with Crippen LogP contribution in [0.4, 0.5) is 5.82 Å². The summed E-state index contributed by atoms with van der Waals surface area (Å²) in [7, 11) is 0. The zero-order valence-electron chi connectivity index (χ0n) is 11.6. The number of nitrogens with zero attached hydrogens (tertiary/aromatic N) is 2. The maximum Gasteiger partial charge on any atom is 0.337 e. The fourth-order valence-corrected chi connectivity index (χ4v) is 1.96. The van der Waals surface area contributed by atoms with Gasteiger partial charge in [0.2, 0.25) is 5.91 Å². The van der Waals surface area contributed by atoms with Crippen molar-refractivity contribution < 1.29 is 14.7 Å². The average molecular weight is 264 g/mol. The Balaban J connectivity index is 2.96. The van der Waals surface area contributed by atoms with Gasteiger partial charge in [0.25, 0.3) is 0 Å². The van der Waals surface area contributed by atoms with Crippen molar-refractivity contribution >= 4 is 17.7 Å². The van der Waals surface area contributed by atoms with Gasteiger partial charge in [0.05, 0.1) is 5.56 Å². The van der Waals surface area contributed by atoms with Crippen molar-refractivity contribution in [1.82, 2.24) is 4.98 Å². The van der Waals surface area contributed by atoms with Crippen LogP contribution in [0.15, 0.2) is 18.3 Å². The molecule has 0 atom stereocenters. The van der Waals surface area contributed by atoms with E-state index in [2.05, 4.69) is 4.98 Å². The second kappa shape index (κ2) is 6.87. The van der Waals surface area contributed by atoms with E-state index in [1.807, 2.05) is 20.8 Å². The van der Waals surface area contributed by atoms with E-state index in [0.717, 1.165) is 12.8 Å². The first-order valence-corrected chi connectivity index (χ1v) is 6.55. The largest absolute Gasteiger partial charge is 0.478 e. The highest BCUT2D eigenvalue weighted by molar-refractivity contribution is 5.94. The van der Waals surface area contributed by atoms with Crippen LogP contribution in [-0.2, 0) is 4.79 Å². The standard InChI is InChI=1S/C14H20N2O3/c1-4-10(5-2)13(17)16(6-3)12-8-7-11(9-15-12)14(18)19/h7-10H,4-6H2,1-3H3,(H,18,19). The van der Waals surface area contributed by atoms with E-state index in [0.29, 0.717) is 12.4 Å². The minimum Gasteiger partial charge on any atom is -0.478 e. The highest BCUT2D eigenvalue weighted by Crippen LogP contribution is 2.18. The minimum absolute atomic E-state index is 0.0131. The van der Waals surface area contributed by atoms with Crippen molar-refractivity contribution in [2.75, 3.05) is 11.4 Å². The van der Waals surface area contributed by atoms with Crippen LogP contribution < -0.4 is 4.90 Å². The van der Waals surface area contributed by atoms with Gasteiger partial charge in [-0.1, -0.05) is 13.8 Å². The molecule has 104 valence electrons. The van der Waals surface area contributed by atoms with Gasteiger partial charge in [0.15, 0.2) is 0 Å². The normalized spacial score (nSPS) is 10.5. The van der Waals surface area contributed by atoms with Crippen molar-refractivity contribution in [2.45, 2.75) is 33.6 Å². The van der Waals surface area contributed by atoms with E-state index >= 15 is 0 Å². The number of carbonyl (C=O) groups is 2. The number of anilines is 1. The first kappa shape index (κ1) is 15.1. The van der Waals surface area contributed by atoms with E-state index in [-0.39, 0.29) is 17.4 Å². The molecule has 0 aliphatic carbocycles. The van der Waals surface area contributed by atoms with Crippen LogP contribution in [0, 0.1) is 5.92 Å². The number of rotatable bonds is 6. The molecular weight excluding hydrogens is 244 g/mol. The van der Waals surface area contributed by atoms with Crippen LogP contribution in [0.3, 0.4) is 0 Å². The van der Waals surface area contributed by atoms with Crippen molar-refractivity contribution in [2.24, 2.45) is 5.92 Å². The molecule has 0 spiro atoms. The van der Waals surface area contributed by atoms with Crippen molar-refractivity contribution in [3.05, 3.63) is 23.9 Å². The summed E-state index contributed by atoms with van der Waals surface area (Å²) >= 11 is 0. The van der Waals surface area contributed by atoms with E-state index < -0.39 is 5.97 Å². The molecule has 1 amide bonds. The van der Waals surface area contributed by atoms with Gasteiger partial charge in [-0.25, -0.2) is 9.78 Å². The summed E-state index contributed by atoms with van der Waals surface area (Å²) in [5, 5.41) is 8.82. The van der Waals surface area contributed by atoms with Gasteiger partial charge in [0.1, 0.15) is 5.82 Å². The topological polar surface area (TPSA) is 70.5 Å². The molecule has 1 rings (SSSR count). The van der Waals surface area contributed by atoms with E-state index in [9.17, 15) is 9.59 Å². The van der Waals surface area contributed by atoms with Gasteiger partial charge in [-0.3, -0.25) is 9.69 Å². The van der Waals surface area contributed by atoms with E-state index in [4.69, 9.17) is 5.11 Å². The third-order valence-corrected chi connectivity index (χ3v) is 3.19. The number of aromatic carboxylic acids is 1. The second-order valence-corrected chi connectivity index (χ2v) is 4.31. The van der Waals surface area contributed by atoms with Gasteiger partial charge < -0.3 is 5.11 Å². The Morgan fingerprint density at radius 2 is 1.89 bits per heavy atom. The highest BCUT2D eigenvalue weighted by Gasteiger charge is 2.22. The van der Waals surface area contributed by atoms with Crippen molar-refractivity contribution in [3.8, 4) is 0 Å². The lowest BCUT2D eigenvalue weighted by atomic mass is 10.0. The Bertz CT molecular complexity index is 439. The molecule has 0 saturated heterocycles. The molecule has 1 aromatic heterocycles. The predicted octanol–water partition coefficient (Wildman–Crippen LogP) is 2.57. The average Bonchev–Trinajstić information content (AvgIpc) is 2.41. The molecule has 1 aromatic rings. The smallest absolute Gasteiger partial charge is 0.337 e. The lowest BCUT2D eigenvalue weighted by Crippen LogP contribution is -2.36. The number of carbonyl (C=O) groups excluding carboxylic acids is 1. The molecule has 0 saturated carbocycles. The van der Waals surface area contributed by atoms with E-state index in [1.54, 1.807) is 11.0 Å². The number of amides is 1. The van der Waals surface area contributed by atoms with Gasteiger partial charge in [-0.05, 0) is 31.9 Å². The fourth-order valence-electron chi connectivity index (χ4n) is 1.96. The SMILES string of the molecule is CCC(CC)C(=O)N(CC)c1ccc(C(=O)O)cn1. The zero-order valence-corrected chi connectivity index (χ0v) is 11.6. The van der Waals surface area contributed by atoms with Crippen LogP contribution in [0.5, 0.6) is 0 Å². The second-order valence-electron chi connectivity index (χ2n) is 4.31. The maximum absolute atomic E-state index is 12.3. The molecule has 0 bridgehead atoms. The van der Waals surface area contributed by atoms with Gasteiger partial charge >= 0.3 is 5.97 Å². The first-order chi connectivity index (χ1) is 9.04. The Labute approximate surface area is 113 Å². The van der Waals surface area contributed by atoms with Crippen molar-refractivity contribution in [1.29, 1.82) is 0 Å². The van der Waals surface area contributed by atoms with Crippen LogP contribution in [-0.4, -0.2) is 28.5 Å². The Hall–Kier alpha value is -1.91. The Morgan fingerprint density at radius 3 is 2.26 bits per heavy atom. The highest BCUT2D eigenvalue weighted by atomic mass is 16.4. The predicted molar refractivity (Wildman–Crippen MR) is 73.3 cm³/mol. The van der Waals surface area contributed by atoms with Gasteiger partial charge in [-0.2, -0.15) is 0 Å². The molecule has 1 heterocycles. The molecule has 0 aliphatic rings. The minimum atomic E-state index is -1.02. The number of aromatic nitrogens is 1. The molecule has 19 heavy (non-hydrogen) atoms. The Kier molecular flexibility index (Phi) is 5.48. The fraction of sp³-hybridized carbons (Fsp3) is 0.500. The third kappa shape index (κ3) is 3.53. The molecular formula is C14H20N2O3. The summed E-state index contributed by atoms with van der Waals surface area (Å²) in [5.41, 5.74) is 0.120. The quantitative estimate of drug-likeness (QED) is 0.857. The Morgan fingerprint density at radius 1 is 1.26 bits per heavy atom. The third-order valence-electron chi connectivity index (χ3n) is 3.19. The van der Waals surface area contributed by atoms with Gasteiger partial charge in [0, 0.05) is 18.7 Å². The number of carboxylic acids is 1. The summed E-state index contributed by atoms with van der Waals surface area (Å²) in [6, 6.07) is 3.04. The maximum atomic E-state index is 12.3. The van der Waals surface area contributed by atoms with Gasteiger partial charge in [-0.15, -0.1) is 0 Å².